The second-order valence-electron chi connectivity index (χ2n) is 14.6. The fraction of sp³-hybridized carbons (Fsp3) is 0.157. The van der Waals surface area contributed by atoms with E-state index in [0.29, 0.717) is 0 Å². The number of hydrogen-bond donors (Lipinski definition) is 0. The lowest BCUT2D eigenvalue weighted by molar-refractivity contribution is 0.404. The van der Waals surface area contributed by atoms with Crippen molar-refractivity contribution in [1.29, 1.82) is 0 Å². The molecule has 0 aliphatic rings. The van der Waals surface area contributed by atoms with E-state index in [2.05, 4.69) is 219 Å². The van der Waals surface area contributed by atoms with E-state index >= 15 is 0 Å². The van der Waals surface area contributed by atoms with Crippen molar-refractivity contribution in [3.8, 4) is 0 Å². The molecule has 1 radical (unpaired) electrons. The Labute approximate surface area is 338 Å². The van der Waals surface area contributed by atoms with Gasteiger partial charge in [-0.25, -0.2) is 0 Å². The zero-order chi connectivity index (χ0) is 38.4. The van der Waals surface area contributed by atoms with Gasteiger partial charge in [-0.15, -0.1) is 0 Å². The maximum absolute atomic E-state index is 8.62. The zero-order valence-corrected chi connectivity index (χ0v) is 35.4. The molecule has 0 saturated carbocycles. The summed E-state index contributed by atoms with van der Waals surface area (Å²) in [5.74, 6) is 0. The molecule has 281 valence electrons. The molecule has 0 fully saturated rings. The van der Waals surface area contributed by atoms with E-state index in [1.54, 1.807) is 0 Å². The standard InChI is InChI=1S/C51H53O2Si3/c1-2-3-4-5-6-7-29-44-54(45-30-15-8-16-31-45,52-55(46-32-17-9-18-33-46,47-34-19-10-20-35-47)48-36-21-11-22-37-48)53-56(49-38-23-12-24-39-49,50-40-25-13-26-41-50)51-42-27-14-28-43-51/h8-28,30-43H,1-7,29,44H2. The summed E-state index contributed by atoms with van der Waals surface area (Å²) in [5, 5.41) is 8.47. The van der Waals surface area contributed by atoms with E-state index < -0.39 is 25.2 Å². The van der Waals surface area contributed by atoms with Gasteiger partial charge in [-0.05, 0) is 42.4 Å². The van der Waals surface area contributed by atoms with Crippen molar-refractivity contribution >= 4 is 61.5 Å². The van der Waals surface area contributed by atoms with Gasteiger partial charge in [0, 0.05) is 0 Å². The molecule has 0 aliphatic carbocycles. The highest BCUT2D eigenvalue weighted by atomic mass is 28.5. The lowest BCUT2D eigenvalue weighted by atomic mass is 10.1. The van der Waals surface area contributed by atoms with Gasteiger partial charge in [0.1, 0.15) is 0 Å². The van der Waals surface area contributed by atoms with Crippen LogP contribution in [0.5, 0.6) is 0 Å². The van der Waals surface area contributed by atoms with E-state index in [9.17, 15) is 0 Å². The van der Waals surface area contributed by atoms with Crippen LogP contribution in [0.4, 0.5) is 0 Å². The van der Waals surface area contributed by atoms with Gasteiger partial charge in [-0.3, -0.25) is 0 Å². The molecule has 0 unspecified atom stereocenters. The lowest BCUT2D eigenvalue weighted by Gasteiger charge is -2.47. The van der Waals surface area contributed by atoms with Crippen molar-refractivity contribution in [2.75, 3.05) is 0 Å². The maximum atomic E-state index is 8.62. The van der Waals surface area contributed by atoms with Crippen LogP contribution in [0, 0.1) is 6.92 Å². The van der Waals surface area contributed by atoms with Crippen LogP contribution >= 0.6 is 0 Å². The van der Waals surface area contributed by atoms with Gasteiger partial charge in [0.05, 0.1) is 0 Å². The third kappa shape index (κ3) is 8.58. The minimum Gasteiger partial charge on any atom is -0.422 e. The van der Waals surface area contributed by atoms with Crippen molar-refractivity contribution in [1.82, 2.24) is 0 Å². The number of hydrogen-bond acceptors (Lipinski definition) is 2. The maximum Gasteiger partial charge on any atom is 0.353 e. The third-order valence-electron chi connectivity index (χ3n) is 10.9. The Bertz CT molecular complexity index is 1830. The summed E-state index contributed by atoms with van der Waals surface area (Å²) in [6, 6.07) is 78.0. The van der Waals surface area contributed by atoms with Crippen LogP contribution in [0.2, 0.25) is 6.04 Å². The topological polar surface area (TPSA) is 18.5 Å². The minimum absolute atomic E-state index is 0.828. The summed E-state index contributed by atoms with van der Waals surface area (Å²) < 4.78 is 17.2. The average Bonchev–Trinajstić information content (AvgIpc) is 3.29. The van der Waals surface area contributed by atoms with Crippen molar-refractivity contribution in [2.45, 2.75) is 51.0 Å². The van der Waals surface area contributed by atoms with E-state index in [1.165, 1.54) is 62.0 Å². The van der Waals surface area contributed by atoms with Gasteiger partial charge in [0.2, 0.25) is 0 Å². The zero-order valence-electron chi connectivity index (χ0n) is 32.4. The highest BCUT2D eigenvalue weighted by Crippen LogP contribution is 2.29. The van der Waals surface area contributed by atoms with Crippen LogP contribution < -0.4 is 36.3 Å². The molecule has 0 saturated heterocycles. The Kier molecular flexibility index (Phi) is 13.6. The Morgan fingerprint density at radius 3 is 0.786 bits per heavy atom. The van der Waals surface area contributed by atoms with Crippen LogP contribution in [0.1, 0.15) is 44.9 Å². The molecule has 2 nitrogen and oxygen atoms in total. The van der Waals surface area contributed by atoms with Gasteiger partial charge < -0.3 is 8.23 Å². The number of rotatable bonds is 19. The van der Waals surface area contributed by atoms with Crippen molar-refractivity contribution < 1.29 is 8.23 Å². The molecule has 7 rings (SSSR count). The quantitative estimate of drug-likeness (QED) is 0.0468. The molecular formula is C51H53O2Si3. The average molecular weight is 782 g/mol. The third-order valence-corrected chi connectivity index (χ3v) is 25.1. The second-order valence-corrected chi connectivity index (χ2v) is 25.0. The lowest BCUT2D eigenvalue weighted by Crippen LogP contribution is -2.80. The SMILES string of the molecule is [CH2]CCCCCCCC[Si](O[Si](c1ccccc1)(c1ccccc1)c1ccccc1)(O[Si](c1ccccc1)(c1ccccc1)c1ccccc1)c1ccccc1. The van der Waals surface area contributed by atoms with Crippen molar-refractivity contribution in [3.05, 3.63) is 219 Å². The fourth-order valence-electron chi connectivity index (χ4n) is 8.20. The second kappa shape index (κ2) is 19.3. The first-order valence-corrected chi connectivity index (χ1v) is 26.1. The highest BCUT2D eigenvalue weighted by molar-refractivity contribution is 7.15. The van der Waals surface area contributed by atoms with Crippen LogP contribution in [0.25, 0.3) is 0 Å². The van der Waals surface area contributed by atoms with Crippen LogP contribution in [0.15, 0.2) is 212 Å². The molecule has 0 atom stereocenters. The molecule has 0 spiro atoms. The van der Waals surface area contributed by atoms with Gasteiger partial charge in [0.15, 0.2) is 0 Å². The molecular weight excluding hydrogens is 729 g/mol. The monoisotopic (exact) mass is 781 g/mol. The largest absolute Gasteiger partial charge is 0.422 e. The number of unbranched alkanes of at least 4 members (excludes halogenated alkanes) is 6. The first kappa shape index (κ1) is 39.3. The number of benzene rings is 7. The summed E-state index contributed by atoms with van der Waals surface area (Å²) in [4.78, 5) is 0. The molecule has 7 aromatic rings. The summed E-state index contributed by atoms with van der Waals surface area (Å²) >= 11 is 0. The first-order chi connectivity index (χ1) is 27.7. The summed E-state index contributed by atoms with van der Waals surface area (Å²) in [6.45, 7) is 4.08. The minimum atomic E-state index is -3.50. The Balaban J connectivity index is 1.54. The molecule has 0 heterocycles. The van der Waals surface area contributed by atoms with Crippen LogP contribution in [-0.2, 0) is 8.23 Å². The van der Waals surface area contributed by atoms with E-state index in [1.807, 2.05) is 0 Å². The predicted molar refractivity (Wildman–Crippen MR) is 244 cm³/mol. The normalized spacial score (nSPS) is 12.0. The summed E-state index contributed by atoms with van der Waals surface area (Å²) in [7, 11) is -10.1. The molecule has 0 N–H and O–H groups in total. The molecule has 0 amide bonds. The molecule has 7 aromatic carbocycles. The predicted octanol–water partition coefficient (Wildman–Crippen LogP) is 8.27. The highest BCUT2D eigenvalue weighted by Gasteiger charge is 2.57. The molecule has 56 heavy (non-hydrogen) atoms. The Hall–Kier alpha value is -4.89. The van der Waals surface area contributed by atoms with Gasteiger partial charge in [-0.2, -0.15) is 0 Å². The molecule has 0 aliphatic heterocycles. The van der Waals surface area contributed by atoms with Crippen LogP contribution in [0.3, 0.4) is 0 Å². The Morgan fingerprint density at radius 2 is 0.518 bits per heavy atom. The fourth-order valence-corrected chi connectivity index (χ4v) is 25.0. The molecule has 0 aromatic heterocycles. The summed E-state index contributed by atoms with van der Waals surface area (Å²) in [6.07, 6.45) is 7.97. The van der Waals surface area contributed by atoms with E-state index in [0.717, 1.165) is 25.3 Å². The van der Waals surface area contributed by atoms with Crippen molar-refractivity contribution in [3.63, 3.8) is 0 Å². The first-order valence-electron chi connectivity index (χ1n) is 20.3. The van der Waals surface area contributed by atoms with E-state index in [-0.39, 0.29) is 0 Å². The smallest absolute Gasteiger partial charge is 0.353 e. The summed E-state index contributed by atoms with van der Waals surface area (Å²) in [5.41, 5.74) is 0. The molecule has 5 heteroatoms. The van der Waals surface area contributed by atoms with Gasteiger partial charge in [0.25, 0.3) is 16.6 Å². The Morgan fingerprint density at radius 1 is 0.286 bits per heavy atom. The van der Waals surface area contributed by atoms with Crippen LogP contribution in [-0.4, -0.2) is 25.2 Å². The van der Waals surface area contributed by atoms with Crippen molar-refractivity contribution in [2.24, 2.45) is 0 Å². The van der Waals surface area contributed by atoms with Gasteiger partial charge in [-0.1, -0.05) is 264 Å². The molecule has 0 bridgehead atoms. The van der Waals surface area contributed by atoms with E-state index in [4.69, 9.17) is 8.23 Å². The van der Waals surface area contributed by atoms with Gasteiger partial charge >= 0.3 is 8.56 Å².